The minimum absolute atomic E-state index is 0.396. The van der Waals surface area contributed by atoms with Gasteiger partial charge in [-0.25, -0.2) is 0 Å². The van der Waals surface area contributed by atoms with Crippen molar-refractivity contribution in [2.45, 2.75) is 73.4 Å². The summed E-state index contributed by atoms with van der Waals surface area (Å²) in [6, 6.07) is 0.802. The average molecular weight is 268 g/mol. The number of nitrogens with one attached hydrogen (secondary N) is 2. The number of nitrogens with zero attached hydrogens (tertiary/aromatic N) is 2. The molecule has 0 aliphatic rings. The first-order chi connectivity index (χ1) is 8.82. The molecular weight excluding hydrogens is 236 g/mol. The molecule has 0 aromatic rings. The lowest BCUT2D eigenvalue weighted by Crippen LogP contribution is -2.24. The third-order valence-electron chi connectivity index (χ3n) is 2.91. The van der Waals surface area contributed by atoms with E-state index >= 15 is 0 Å². The zero-order valence-corrected chi connectivity index (χ0v) is 13.7. The molecule has 0 aromatic carbocycles. The molecule has 0 aromatic heterocycles. The third kappa shape index (κ3) is 10.5. The highest BCUT2D eigenvalue weighted by Crippen LogP contribution is 2.10. The van der Waals surface area contributed by atoms with Gasteiger partial charge in [-0.05, 0) is 52.4 Å². The monoisotopic (exact) mass is 268 g/mol. The molecule has 0 spiro atoms. The third-order valence-corrected chi connectivity index (χ3v) is 2.91. The van der Waals surface area contributed by atoms with E-state index in [1.165, 1.54) is 5.71 Å². The van der Waals surface area contributed by atoms with Gasteiger partial charge in [-0.1, -0.05) is 20.8 Å². The predicted molar refractivity (Wildman–Crippen MR) is 85.7 cm³/mol. The quantitative estimate of drug-likeness (QED) is 0.497. The van der Waals surface area contributed by atoms with E-state index in [1.54, 1.807) is 0 Å². The van der Waals surface area contributed by atoms with E-state index in [0.29, 0.717) is 23.9 Å². The fourth-order valence-electron chi connectivity index (χ4n) is 1.43. The van der Waals surface area contributed by atoms with Crippen molar-refractivity contribution < 1.29 is 0 Å². The molecule has 19 heavy (non-hydrogen) atoms. The standard InChI is InChI=1S/C15H32N4/c1-11(2)10-16-18-14(6)9-8-13(5)15(7)19-17-12(3)4/h10-14,17-18H,8-9H2,1-7H3/b16-10+,19-15+. The Hall–Kier alpha value is -1.06. The highest BCUT2D eigenvalue weighted by molar-refractivity contribution is 5.83. The van der Waals surface area contributed by atoms with Gasteiger partial charge >= 0.3 is 0 Å². The van der Waals surface area contributed by atoms with Crippen LogP contribution in [-0.2, 0) is 0 Å². The summed E-state index contributed by atoms with van der Waals surface area (Å²) in [7, 11) is 0. The molecule has 0 rings (SSSR count). The summed E-state index contributed by atoms with van der Waals surface area (Å²) < 4.78 is 0. The molecular formula is C15H32N4. The number of rotatable bonds is 9. The van der Waals surface area contributed by atoms with Crippen LogP contribution in [0.3, 0.4) is 0 Å². The van der Waals surface area contributed by atoms with Gasteiger partial charge in [-0.2, -0.15) is 10.2 Å². The highest BCUT2D eigenvalue weighted by atomic mass is 15.3. The van der Waals surface area contributed by atoms with Crippen molar-refractivity contribution in [1.82, 2.24) is 10.9 Å². The second-order valence-corrected chi connectivity index (χ2v) is 6.07. The van der Waals surface area contributed by atoms with Crippen molar-refractivity contribution in [2.24, 2.45) is 22.0 Å². The Morgan fingerprint density at radius 1 is 1.00 bits per heavy atom. The molecule has 4 heteroatoms. The van der Waals surface area contributed by atoms with Crippen molar-refractivity contribution in [2.75, 3.05) is 0 Å². The molecule has 0 saturated carbocycles. The summed E-state index contributed by atoms with van der Waals surface area (Å²) in [4.78, 5) is 0. The van der Waals surface area contributed by atoms with Crippen LogP contribution in [0.4, 0.5) is 0 Å². The van der Waals surface area contributed by atoms with Crippen LogP contribution >= 0.6 is 0 Å². The van der Waals surface area contributed by atoms with Crippen molar-refractivity contribution >= 4 is 11.9 Å². The summed E-state index contributed by atoms with van der Waals surface area (Å²) in [5.41, 5.74) is 7.45. The summed E-state index contributed by atoms with van der Waals surface area (Å²) in [5, 5.41) is 8.64. The van der Waals surface area contributed by atoms with Gasteiger partial charge in [0.05, 0.1) is 0 Å². The second kappa shape index (κ2) is 9.82. The van der Waals surface area contributed by atoms with E-state index in [0.717, 1.165) is 12.8 Å². The summed E-state index contributed by atoms with van der Waals surface area (Å²) in [6.07, 6.45) is 4.17. The fourth-order valence-corrected chi connectivity index (χ4v) is 1.43. The van der Waals surface area contributed by atoms with Gasteiger partial charge in [-0.3, -0.25) is 0 Å². The topological polar surface area (TPSA) is 48.8 Å². The van der Waals surface area contributed by atoms with Gasteiger partial charge < -0.3 is 10.9 Å². The molecule has 0 radical (unpaired) electrons. The van der Waals surface area contributed by atoms with Crippen LogP contribution in [0.15, 0.2) is 10.2 Å². The maximum atomic E-state index is 4.40. The lowest BCUT2D eigenvalue weighted by atomic mass is 9.98. The van der Waals surface area contributed by atoms with Crippen molar-refractivity contribution in [1.29, 1.82) is 0 Å². The van der Waals surface area contributed by atoms with Gasteiger partial charge in [0.1, 0.15) is 0 Å². The van der Waals surface area contributed by atoms with E-state index < -0.39 is 0 Å². The van der Waals surface area contributed by atoms with Crippen molar-refractivity contribution in [3.05, 3.63) is 0 Å². The van der Waals surface area contributed by atoms with Gasteiger partial charge in [0.2, 0.25) is 0 Å². The smallest absolute Gasteiger partial charge is 0.0412 e. The maximum Gasteiger partial charge on any atom is 0.0412 e. The number of hydrogen-bond donors (Lipinski definition) is 2. The first-order valence-electron chi connectivity index (χ1n) is 7.41. The largest absolute Gasteiger partial charge is 0.308 e. The Labute approximate surface area is 119 Å². The zero-order chi connectivity index (χ0) is 14.8. The summed E-state index contributed by atoms with van der Waals surface area (Å²) in [5.74, 6) is 1.000. The van der Waals surface area contributed by atoms with Crippen LogP contribution in [-0.4, -0.2) is 24.0 Å². The lowest BCUT2D eigenvalue weighted by molar-refractivity contribution is 0.486. The van der Waals surface area contributed by atoms with E-state index in [2.05, 4.69) is 69.5 Å². The van der Waals surface area contributed by atoms with Gasteiger partial charge in [0.15, 0.2) is 0 Å². The van der Waals surface area contributed by atoms with Crippen LogP contribution in [0.2, 0.25) is 0 Å². The predicted octanol–water partition coefficient (Wildman–Crippen LogP) is 3.40. The van der Waals surface area contributed by atoms with Gasteiger partial charge in [0, 0.05) is 24.0 Å². The van der Waals surface area contributed by atoms with Crippen LogP contribution in [0, 0.1) is 11.8 Å². The molecule has 0 heterocycles. The van der Waals surface area contributed by atoms with Crippen molar-refractivity contribution in [3.8, 4) is 0 Å². The van der Waals surface area contributed by atoms with Gasteiger partial charge in [0.25, 0.3) is 0 Å². The highest BCUT2D eigenvalue weighted by Gasteiger charge is 2.09. The molecule has 0 fully saturated rings. The minimum atomic E-state index is 0.396. The Morgan fingerprint density at radius 3 is 2.16 bits per heavy atom. The van der Waals surface area contributed by atoms with Crippen LogP contribution in [0.1, 0.15) is 61.3 Å². The zero-order valence-electron chi connectivity index (χ0n) is 13.7. The van der Waals surface area contributed by atoms with Crippen LogP contribution in [0.25, 0.3) is 0 Å². The molecule has 0 aliphatic carbocycles. The first-order valence-corrected chi connectivity index (χ1v) is 7.41. The summed E-state index contributed by atoms with van der Waals surface area (Å²) >= 11 is 0. The van der Waals surface area contributed by atoms with E-state index in [1.807, 2.05) is 6.21 Å². The molecule has 2 N–H and O–H groups in total. The molecule has 2 atom stereocenters. The molecule has 0 aliphatic heterocycles. The Kier molecular flexibility index (Phi) is 9.27. The minimum Gasteiger partial charge on any atom is -0.308 e. The maximum absolute atomic E-state index is 4.40. The number of hydrogen-bond acceptors (Lipinski definition) is 4. The molecule has 0 saturated heterocycles. The number of hydrazone groups is 2. The fraction of sp³-hybridized carbons (Fsp3) is 0.867. The van der Waals surface area contributed by atoms with E-state index in [9.17, 15) is 0 Å². The molecule has 4 nitrogen and oxygen atoms in total. The van der Waals surface area contributed by atoms with E-state index in [4.69, 9.17) is 0 Å². The Bertz CT molecular complexity index is 282. The normalized spacial score (nSPS) is 16.2. The summed E-state index contributed by atoms with van der Waals surface area (Å²) in [6.45, 7) is 14.9. The van der Waals surface area contributed by atoms with E-state index in [-0.39, 0.29) is 0 Å². The Balaban J connectivity index is 3.94. The lowest BCUT2D eigenvalue weighted by Gasteiger charge is -2.16. The molecule has 112 valence electrons. The Morgan fingerprint density at radius 2 is 1.63 bits per heavy atom. The molecule has 2 unspecified atom stereocenters. The van der Waals surface area contributed by atoms with Crippen LogP contribution in [0.5, 0.6) is 0 Å². The molecule has 0 amide bonds. The van der Waals surface area contributed by atoms with Gasteiger partial charge in [-0.15, -0.1) is 0 Å². The van der Waals surface area contributed by atoms with Crippen LogP contribution < -0.4 is 10.9 Å². The molecule has 0 bridgehead atoms. The van der Waals surface area contributed by atoms with Crippen molar-refractivity contribution in [3.63, 3.8) is 0 Å². The SMILES string of the molecule is C/C(=N\NC(C)C)C(C)CCC(C)N/N=C/C(C)C. The second-order valence-electron chi connectivity index (χ2n) is 6.07. The first kappa shape index (κ1) is 17.9. The average Bonchev–Trinajstić information content (AvgIpc) is 2.32.